The van der Waals surface area contributed by atoms with Gasteiger partial charge in [-0.15, -0.1) is 0 Å². The minimum absolute atomic E-state index is 0.111. The number of amides is 2. The topological polar surface area (TPSA) is 53.1 Å². The first-order valence-electron chi connectivity index (χ1n) is 9.40. The molecule has 0 saturated carbocycles. The van der Waals surface area contributed by atoms with Crippen molar-refractivity contribution in [3.05, 3.63) is 58.6 Å². The molecule has 2 amide bonds. The monoisotopic (exact) mass is 441 g/mol. The first-order chi connectivity index (χ1) is 13.6. The SMILES string of the molecule is COc1ccc(N2C(=O)[C@@H]3[C@H](C2=O)N2CCCN2[C@H]3c2ccc(Br)cc2)cc1. The van der Waals surface area contributed by atoms with Crippen LogP contribution in [0.2, 0.25) is 0 Å². The van der Waals surface area contributed by atoms with Crippen molar-refractivity contribution in [2.75, 3.05) is 25.1 Å². The molecule has 3 fully saturated rings. The smallest absolute Gasteiger partial charge is 0.253 e. The van der Waals surface area contributed by atoms with Crippen LogP contribution in [0.25, 0.3) is 0 Å². The van der Waals surface area contributed by atoms with Crippen molar-refractivity contribution in [2.24, 2.45) is 5.92 Å². The zero-order chi connectivity index (χ0) is 19.4. The summed E-state index contributed by atoms with van der Waals surface area (Å²) in [4.78, 5) is 28.1. The van der Waals surface area contributed by atoms with Crippen molar-refractivity contribution in [2.45, 2.75) is 18.5 Å². The van der Waals surface area contributed by atoms with E-state index >= 15 is 0 Å². The van der Waals surface area contributed by atoms with Crippen molar-refractivity contribution < 1.29 is 14.3 Å². The Morgan fingerprint density at radius 1 is 0.893 bits per heavy atom. The van der Waals surface area contributed by atoms with Crippen LogP contribution in [0.15, 0.2) is 53.0 Å². The fourth-order valence-electron chi connectivity index (χ4n) is 4.76. The van der Waals surface area contributed by atoms with E-state index in [1.807, 2.05) is 24.3 Å². The molecule has 3 aliphatic heterocycles. The first-order valence-corrected chi connectivity index (χ1v) is 10.2. The van der Waals surface area contributed by atoms with Crippen LogP contribution in [-0.2, 0) is 9.59 Å². The summed E-state index contributed by atoms with van der Waals surface area (Å²) in [6.45, 7) is 1.68. The van der Waals surface area contributed by atoms with Crippen LogP contribution in [0.4, 0.5) is 5.69 Å². The number of carbonyl (C=O) groups excluding carboxylic acids is 2. The van der Waals surface area contributed by atoms with Gasteiger partial charge in [-0.2, -0.15) is 0 Å². The van der Waals surface area contributed by atoms with E-state index in [1.165, 1.54) is 4.90 Å². The lowest BCUT2D eigenvalue weighted by molar-refractivity contribution is -0.126. The molecule has 3 saturated heterocycles. The van der Waals surface area contributed by atoms with E-state index in [9.17, 15) is 9.59 Å². The average molecular weight is 442 g/mol. The van der Waals surface area contributed by atoms with Crippen molar-refractivity contribution in [3.8, 4) is 5.75 Å². The Morgan fingerprint density at radius 3 is 2.18 bits per heavy atom. The maximum absolute atomic E-state index is 13.4. The Kier molecular flexibility index (Phi) is 4.26. The number of benzene rings is 2. The number of hydrazine groups is 1. The zero-order valence-corrected chi connectivity index (χ0v) is 17.0. The van der Waals surface area contributed by atoms with Crippen molar-refractivity contribution in [1.82, 2.24) is 10.0 Å². The summed E-state index contributed by atoms with van der Waals surface area (Å²) in [7, 11) is 1.59. The van der Waals surface area contributed by atoms with Gasteiger partial charge in [0.25, 0.3) is 5.91 Å². The zero-order valence-electron chi connectivity index (χ0n) is 15.4. The second-order valence-corrected chi connectivity index (χ2v) is 8.27. The van der Waals surface area contributed by atoms with Gasteiger partial charge in [-0.05, 0) is 48.4 Å². The number of carbonyl (C=O) groups is 2. The van der Waals surface area contributed by atoms with Crippen LogP contribution >= 0.6 is 15.9 Å². The molecule has 3 atom stereocenters. The lowest BCUT2D eigenvalue weighted by Crippen LogP contribution is -2.44. The second-order valence-electron chi connectivity index (χ2n) is 7.36. The molecular weight excluding hydrogens is 422 g/mol. The number of nitrogens with zero attached hydrogens (tertiary/aromatic N) is 3. The van der Waals surface area contributed by atoms with Gasteiger partial charge in [-0.1, -0.05) is 28.1 Å². The van der Waals surface area contributed by atoms with Gasteiger partial charge < -0.3 is 4.74 Å². The van der Waals surface area contributed by atoms with Gasteiger partial charge in [0.2, 0.25) is 5.91 Å². The normalized spacial score (nSPS) is 27.4. The number of ether oxygens (including phenoxy) is 1. The molecule has 28 heavy (non-hydrogen) atoms. The van der Waals surface area contributed by atoms with Crippen molar-refractivity contribution >= 4 is 33.4 Å². The van der Waals surface area contributed by atoms with Crippen molar-refractivity contribution in [3.63, 3.8) is 0 Å². The molecule has 2 aromatic carbocycles. The fourth-order valence-corrected chi connectivity index (χ4v) is 5.02. The van der Waals surface area contributed by atoms with E-state index in [0.717, 1.165) is 29.5 Å². The van der Waals surface area contributed by atoms with Gasteiger partial charge in [-0.25, -0.2) is 14.9 Å². The minimum Gasteiger partial charge on any atom is -0.497 e. The summed E-state index contributed by atoms with van der Waals surface area (Å²) in [5.74, 6) is 0.0479. The summed E-state index contributed by atoms with van der Waals surface area (Å²) in [6, 6.07) is 14.6. The molecule has 7 heteroatoms. The second kappa shape index (κ2) is 6.69. The number of anilines is 1. The van der Waals surface area contributed by atoms with E-state index in [4.69, 9.17) is 4.74 Å². The van der Waals surface area contributed by atoms with Crippen LogP contribution < -0.4 is 9.64 Å². The maximum atomic E-state index is 13.4. The predicted molar refractivity (Wildman–Crippen MR) is 108 cm³/mol. The molecule has 0 aromatic heterocycles. The first kappa shape index (κ1) is 17.8. The molecule has 0 unspecified atom stereocenters. The van der Waals surface area contributed by atoms with E-state index in [2.05, 4.69) is 25.9 Å². The summed E-state index contributed by atoms with van der Waals surface area (Å²) >= 11 is 3.48. The highest BCUT2D eigenvalue weighted by atomic mass is 79.9. The number of rotatable bonds is 3. The molecule has 0 radical (unpaired) electrons. The van der Waals surface area contributed by atoms with Crippen molar-refractivity contribution in [1.29, 1.82) is 0 Å². The third-order valence-electron chi connectivity index (χ3n) is 5.95. The molecule has 2 aromatic rings. The van der Waals surface area contributed by atoms with E-state index < -0.39 is 12.0 Å². The molecule has 0 aliphatic carbocycles. The van der Waals surface area contributed by atoms with Gasteiger partial charge in [0.1, 0.15) is 11.8 Å². The highest BCUT2D eigenvalue weighted by molar-refractivity contribution is 9.10. The lowest BCUT2D eigenvalue weighted by Gasteiger charge is -2.29. The number of hydrogen-bond donors (Lipinski definition) is 0. The largest absolute Gasteiger partial charge is 0.497 e. The molecule has 6 nitrogen and oxygen atoms in total. The molecule has 0 N–H and O–H groups in total. The van der Waals surface area contributed by atoms with E-state index in [-0.39, 0.29) is 17.9 Å². The highest BCUT2D eigenvalue weighted by Gasteiger charge is 2.62. The molecular formula is C21H20BrN3O3. The molecule has 144 valence electrons. The predicted octanol–water partition coefficient (Wildman–Crippen LogP) is 2.99. The Hall–Kier alpha value is -2.22. The molecule has 5 rings (SSSR count). The molecule has 3 aliphatic rings. The number of halogens is 1. The Morgan fingerprint density at radius 2 is 1.54 bits per heavy atom. The van der Waals surface area contributed by atoms with Gasteiger partial charge in [0, 0.05) is 17.6 Å². The average Bonchev–Trinajstić information content (AvgIpc) is 3.35. The summed E-state index contributed by atoms with van der Waals surface area (Å²) in [5.41, 5.74) is 1.67. The van der Waals surface area contributed by atoms with Crippen LogP contribution in [0.3, 0.4) is 0 Å². The molecule has 3 heterocycles. The number of fused-ring (bicyclic) bond motifs is 3. The number of hydrogen-bond acceptors (Lipinski definition) is 5. The minimum atomic E-state index is -0.425. The summed E-state index contributed by atoms with van der Waals surface area (Å²) < 4.78 is 6.19. The quantitative estimate of drug-likeness (QED) is 0.685. The molecule has 0 bridgehead atoms. The third-order valence-corrected chi connectivity index (χ3v) is 6.48. The fraction of sp³-hybridized carbons (Fsp3) is 0.333. The number of methoxy groups -OCH3 is 1. The van der Waals surface area contributed by atoms with Gasteiger partial charge >= 0.3 is 0 Å². The van der Waals surface area contributed by atoms with E-state index in [1.54, 1.807) is 31.4 Å². The van der Waals surface area contributed by atoms with Gasteiger partial charge in [-0.3, -0.25) is 9.59 Å². The summed E-state index contributed by atoms with van der Waals surface area (Å²) in [5, 5.41) is 4.33. The summed E-state index contributed by atoms with van der Waals surface area (Å²) in [6.07, 6.45) is 1.00. The maximum Gasteiger partial charge on any atom is 0.253 e. The standard InChI is InChI=1S/C21H20BrN3O3/c1-28-16-9-7-15(8-10-16)25-20(26)17-18(13-3-5-14(22)6-4-13)23-11-2-12-24(23)19(17)21(25)27/h3-10,17-19H,2,11-12H2,1H3/t17-,18-,19+/m0/s1. The number of imide groups is 1. The Balaban J connectivity index is 1.55. The van der Waals surface area contributed by atoms with Crippen LogP contribution in [-0.4, -0.2) is 48.1 Å². The Bertz CT molecular complexity index is 931. The van der Waals surface area contributed by atoms with Crippen LogP contribution in [0, 0.1) is 5.92 Å². The van der Waals surface area contributed by atoms with Gasteiger partial charge in [0.05, 0.1) is 24.8 Å². The van der Waals surface area contributed by atoms with Gasteiger partial charge in [0.15, 0.2) is 0 Å². The van der Waals surface area contributed by atoms with Crippen LogP contribution in [0.5, 0.6) is 5.75 Å². The molecule has 0 spiro atoms. The third kappa shape index (κ3) is 2.53. The van der Waals surface area contributed by atoms with Crippen LogP contribution in [0.1, 0.15) is 18.0 Å². The highest BCUT2D eigenvalue weighted by Crippen LogP contribution is 2.49. The van der Waals surface area contributed by atoms with E-state index in [0.29, 0.717) is 11.4 Å². The Labute approximate surface area is 171 Å². The lowest BCUT2D eigenvalue weighted by atomic mass is 9.90.